The molecule has 2 aliphatic heterocycles. The van der Waals surface area contributed by atoms with Crippen LogP contribution in [-0.4, -0.2) is 31.1 Å². The minimum Gasteiger partial charge on any atom is -0.493 e. The molecule has 21 heavy (non-hydrogen) atoms. The molecule has 4 rings (SSSR count). The van der Waals surface area contributed by atoms with Crippen molar-refractivity contribution < 1.29 is 14.3 Å². The lowest BCUT2D eigenvalue weighted by atomic mass is 9.69. The number of rotatable bonds is 1. The molecule has 0 bridgehead atoms. The van der Waals surface area contributed by atoms with Crippen molar-refractivity contribution in [1.82, 2.24) is 4.90 Å². The second-order valence-electron chi connectivity index (χ2n) is 6.18. The maximum atomic E-state index is 12.5. The van der Waals surface area contributed by atoms with Crippen LogP contribution < -0.4 is 9.47 Å². The number of ether oxygens (including phenoxy) is 2. The van der Waals surface area contributed by atoms with E-state index >= 15 is 0 Å². The zero-order chi connectivity index (χ0) is 14.6. The Hall–Kier alpha value is -1.97. The van der Waals surface area contributed by atoms with Gasteiger partial charge in [0.1, 0.15) is 6.10 Å². The average molecular weight is 285 g/mol. The number of nitrogens with zero attached hydrogens (tertiary/aromatic N) is 1. The predicted octanol–water partition coefficient (Wildman–Crippen LogP) is 2.41. The number of hydrogen-bond acceptors (Lipinski definition) is 3. The first kappa shape index (κ1) is 12.7. The first-order valence-electron chi connectivity index (χ1n) is 7.44. The molecule has 1 spiro atoms. The fourth-order valence-electron chi connectivity index (χ4n) is 3.97. The minimum absolute atomic E-state index is 0.0444. The van der Waals surface area contributed by atoms with Gasteiger partial charge in [0.05, 0.1) is 12.5 Å². The Morgan fingerprint density at radius 1 is 1.43 bits per heavy atom. The van der Waals surface area contributed by atoms with Crippen LogP contribution in [0.5, 0.6) is 11.5 Å². The molecule has 1 amide bonds. The van der Waals surface area contributed by atoms with Crippen LogP contribution in [0.2, 0.25) is 0 Å². The van der Waals surface area contributed by atoms with Gasteiger partial charge < -0.3 is 14.4 Å². The molecular formula is C17H19NO3. The first-order valence-corrected chi connectivity index (χ1v) is 7.44. The number of amides is 1. The highest BCUT2D eigenvalue weighted by atomic mass is 16.5. The standard InChI is InChI=1S/C17H19NO3/c1-18-10-11-6-7-12(20-2)16-15(11)17(9-14(18)19)8-4-3-5-13(17)21-16/h4,6-8,13H,3,5,9-10H2,1-2H3/t13-,17-/m0/s1. The summed E-state index contributed by atoms with van der Waals surface area (Å²) in [7, 11) is 3.54. The molecule has 1 aliphatic carbocycles. The minimum atomic E-state index is -0.306. The molecule has 0 saturated carbocycles. The topological polar surface area (TPSA) is 38.8 Å². The van der Waals surface area contributed by atoms with Crippen LogP contribution in [0.3, 0.4) is 0 Å². The fraction of sp³-hybridized carbons (Fsp3) is 0.471. The van der Waals surface area contributed by atoms with E-state index in [0.29, 0.717) is 13.0 Å². The summed E-state index contributed by atoms with van der Waals surface area (Å²) in [5.74, 6) is 1.79. The van der Waals surface area contributed by atoms with E-state index in [4.69, 9.17) is 9.47 Å². The van der Waals surface area contributed by atoms with E-state index in [9.17, 15) is 4.79 Å². The zero-order valence-electron chi connectivity index (χ0n) is 12.4. The van der Waals surface area contributed by atoms with Crippen molar-refractivity contribution in [2.24, 2.45) is 0 Å². The summed E-state index contributed by atoms with van der Waals surface area (Å²) in [6.07, 6.45) is 6.87. The summed E-state index contributed by atoms with van der Waals surface area (Å²) in [6.45, 7) is 0.636. The number of carbonyl (C=O) groups excluding carboxylic acids is 1. The molecule has 0 aromatic heterocycles. The van der Waals surface area contributed by atoms with Crippen molar-refractivity contribution in [3.05, 3.63) is 35.4 Å². The Balaban J connectivity index is 2.00. The van der Waals surface area contributed by atoms with Crippen LogP contribution in [0.1, 0.15) is 30.4 Å². The van der Waals surface area contributed by atoms with Gasteiger partial charge in [-0.3, -0.25) is 4.79 Å². The van der Waals surface area contributed by atoms with Crippen LogP contribution in [0.25, 0.3) is 0 Å². The van der Waals surface area contributed by atoms with Crippen molar-refractivity contribution in [1.29, 1.82) is 0 Å². The van der Waals surface area contributed by atoms with Gasteiger partial charge in [-0.05, 0) is 24.5 Å². The Bertz CT molecular complexity index is 652. The maximum absolute atomic E-state index is 12.5. The molecule has 2 atom stereocenters. The molecule has 0 N–H and O–H groups in total. The van der Waals surface area contributed by atoms with Gasteiger partial charge in [-0.2, -0.15) is 0 Å². The van der Waals surface area contributed by atoms with Crippen molar-refractivity contribution in [3.63, 3.8) is 0 Å². The maximum Gasteiger partial charge on any atom is 0.223 e. The van der Waals surface area contributed by atoms with Crippen molar-refractivity contribution in [3.8, 4) is 11.5 Å². The second kappa shape index (κ2) is 4.26. The van der Waals surface area contributed by atoms with E-state index < -0.39 is 0 Å². The third-order valence-corrected chi connectivity index (χ3v) is 5.02. The van der Waals surface area contributed by atoms with Crippen molar-refractivity contribution in [2.45, 2.75) is 37.3 Å². The lowest BCUT2D eigenvalue weighted by Gasteiger charge is -2.33. The first-order chi connectivity index (χ1) is 10.2. The van der Waals surface area contributed by atoms with E-state index in [1.165, 1.54) is 11.1 Å². The molecule has 0 fully saturated rings. The lowest BCUT2D eigenvalue weighted by Crippen LogP contribution is -2.41. The van der Waals surface area contributed by atoms with Gasteiger partial charge in [0, 0.05) is 25.6 Å². The monoisotopic (exact) mass is 285 g/mol. The van der Waals surface area contributed by atoms with Crippen LogP contribution in [0.4, 0.5) is 0 Å². The zero-order valence-corrected chi connectivity index (χ0v) is 12.4. The van der Waals surface area contributed by atoms with Gasteiger partial charge in [-0.15, -0.1) is 0 Å². The molecule has 2 heterocycles. The molecule has 4 heteroatoms. The molecule has 3 aliphatic rings. The second-order valence-corrected chi connectivity index (χ2v) is 6.18. The van der Waals surface area contributed by atoms with Gasteiger partial charge in [0.2, 0.25) is 5.91 Å². The molecule has 110 valence electrons. The van der Waals surface area contributed by atoms with E-state index in [0.717, 1.165) is 24.3 Å². The third-order valence-electron chi connectivity index (χ3n) is 5.02. The molecule has 0 saturated heterocycles. The van der Waals surface area contributed by atoms with E-state index in [-0.39, 0.29) is 17.4 Å². The SMILES string of the molecule is COc1ccc2c3c1O[C@H]1CCC=C[C@@]31CC(=O)N(C)C2. The Morgan fingerprint density at radius 3 is 3.10 bits per heavy atom. The van der Waals surface area contributed by atoms with Crippen LogP contribution >= 0.6 is 0 Å². The summed E-state index contributed by atoms with van der Waals surface area (Å²) in [4.78, 5) is 14.3. The smallest absolute Gasteiger partial charge is 0.223 e. The molecule has 0 unspecified atom stereocenters. The lowest BCUT2D eigenvalue weighted by molar-refractivity contribution is -0.131. The molecular weight excluding hydrogens is 266 g/mol. The Labute approximate surface area is 124 Å². The van der Waals surface area contributed by atoms with E-state index in [2.05, 4.69) is 18.2 Å². The van der Waals surface area contributed by atoms with Gasteiger partial charge >= 0.3 is 0 Å². The normalized spacial score (nSPS) is 29.5. The fourth-order valence-corrected chi connectivity index (χ4v) is 3.97. The summed E-state index contributed by atoms with van der Waals surface area (Å²) in [5.41, 5.74) is 2.04. The van der Waals surface area contributed by atoms with Gasteiger partial charge in [0.25, 0.3) is 0 Å². The van der Waals surface area contributed by atoms with Crippen molar-refractivity contribution in [2.75, 3.05) is 14.2 Å². The number of methoxy groups -OCH3 is 1. The predicted molar refractivity (Wildman–Crippen MR) is 78.6 cm³/mol. The largest absolute Gasteiger partial charge is 0.493 e. The highest BCUT2D eigenvalue weighted by Crippen LogP contribution is 2.55. The molecule has 1 aromatic carbocycles. The molecule has 4 nitrogen and oxygen atoms in total. The number of allylic oxidation sites excluding steroid dienone is 1. The third kappa shape index (κ3) is 1.59. The van der Waals surface area contributed by atoms with Crippen LogP contribution in [0, 0.1) is 0 Å². The highest BCUT2D eigenvalue weighted by Gasteiger charge is 2.53. The van der Waals surface area contributed by atoms with Crippen molar-refractivity contribution >= 4 is 5.91 Å². The Kier molecular flexibility index (Phi) is 2.59. The van der Waals surface area contributed by atoms with E-state index in [1.54, 1.807) is 7.11 Å². The van der Waals surface area contributed by atoms with Gasteiger partial charge in [-0.1, -0.05) is 18.2 Å². The van der Waals surface area contributed by atoms with Gasteiger partial charge in [0.15, 0.2) is 11.5 Å². The highest BCUT2D eigenvalue weighted by molar-refractivity contribution is 5.81. The number of hydrogen-bond donors (Lipinski definition) is 0. The van der Waals surface area contributed by atoms with E-state index in [1.807, 2.05) is 18.0 Å². The summed E-state index contributed by atoms with van der Waals surface area (Å²) in [6, 6.07) is 4.02. The van der Waals surface area contributed by atoms with Crippen LogP contribution in [-0.2, 0) is 16.8 Å². The number of benzene rings is 1. The van der Waals surface area contributed by atoms with Crippen LogP contribution in [0.15, 0.2) is 24.3 Å². The molecule has 1 aromatic rings. The average Bonchev–Trinajstić information content (AvgIpc) is 2.77. The number of carbonyl (C=O) groups is 1. The van der Waals surface area contributed by atoms with Gasteiger partial charge in [-0.25, -0.2) is 0 Å². The molecule has 0 radical (unpaired) electrons. The quantitative estimate of drug-likeness (QED) is 0.744. The Morgan fingerprint density at radius 2 is 2.29 bits per heavy atom. The summed E-state index contributed by atoms with van der Waals surface area (Å²) >= 11 is 0. The summed E-state index contributed by atoms with van der Waals surface area (Å²) in [5, 5.41) is 0. The summed E-state index contributed by atoms with van der Waals surface area (Å²) < 4.78 is 11.7.